The summed E-state index contributed by atoms with van der Waals surface area (Å²) >= 11 is 15.5. The van der Waals surface area contributed by atoms with Crippen LogP contribution >= 0.6 is 46.3 Å². The smallest absolute Gasteiger partial charge is 0.299 e. The summed E-state index contributed by atoms with van der Waals surface area (Å²) in [6.45, 7) is 2.27. The zero-order chi connectivity index (χ0) is 29.9. The molecule has 1 amide bonds. The van der Waals surface area contributed by atoms with Gasteiger partial charge in [0.25, 0.3) is 10.9 Å². The van der Waals surface area contributed by atoms with Crippen molar-refractivity contribution in [3.05, 3.63) is 68.1 Å². The molecule has 0 spiro atoms. The van der Waals surface area contributed by atoms with Crippen LogP contribution in [0.5, 0.6) is 0 Å². The molecule has 1 aromatic heterocycles. The second-order valence-corrected chi connectivity index (χ2v) is 15.6. The van der Waals surface area contributed by atoms with Crippen LogP contribution in [0.2, 0.25) is 10.0 Å². The lowest BCUT2D eigenvalue weighted by molar-refractivity contribution is -0.655. The molecule has 0 aliphatic carbocycles. The van der Waals surface area contributed by atoms with Gasteiger partial charge >= 0.3 is 0 Å². The van der Waals surface area contributed by atoms with Crippen molar-refractivity contribution >= 4 is 94.3 Å². The summed E-state index contributed by atoms with van der Waals surface area (Å²) in [7, 11) is -8.01. The van der Waals surface area contributed by atoms with Gasteiger partial charge < -0.3 is 9.45 Å². The average molecular weight is 677 g/mol. The number of sulfonamides is 1. The van der Waals surface area contributed by atoms with E-state index >= 15 is 0 Å². The summed E-state index contributed by atoms with van der Waals surface area (Å²) in [5.41, 5.74) is 2.54. The summed E-state index contributed by atoms with van der Waals surface area (Å²) in [6, 6.07) is 10.9. The van der Waals surface area contributed by atoms with Gasteiger partial charge in [-0.2, -0.15) is 4.57 Å². The van der Waals surface area contributed by atoms with Gasteiger partial charge in [0, 0.05) is 39.4 Å². The fraction of sp³-hybridized carbons (Fsp3) is 0.308. The molecule has 0 fully saturated rings. The molecule has 0 bridgehead atoms. The highest BCUT2D eigenvalue weighted by molar-refractivity contribution is 8.03. The number of hydrogen-bond donors (Lipinski definition) is 1. The molecule has 4 rings (SSSR count). The molecule has 220 valence electrons. The fourth-order valence-corrected chi connectivity index (χ4v) is 7.88. The molecule has 1 N–H and O–H groups in total. The van der Waals surface area contributed by atoms with Crippen LogP contribution in [0.4, 0.5) is 5.69 Å². The van der Waals surface area contributed by atoms with Gasteiger partial charge in [-0.3, -0.25) is 4.79 Å². The van der Waals surface area contributed by atoms with E-state index in [0.29, 0.717) is 34.9 Å². The van der Waals surface area contributed by atoms with Gasteiger partial charge in [0.2, 0.25) is 22.1 Å². The third-order valence-electron chi connectivity index (χ3n) is 6.04. The number of nitrogens with one attached hydrogen (secondary N) is 1. The molecule has 0 saturated carbocycles. The van der Waals surface area contributed by atoms with E-state index in [4.69, 9.17) is 23.2 Å². The summed E-state index contributed by atoms with van der Waals surface area (Å²) in [6.07, 6.45) is 6.29. The van der Waals surface area contributed by atoms with Crippen LogP contribution in [0.1, 0.15) is 31.2 Å². The average Bonchev–Trinajstić information content (AvgIpc) is 3.36. The Labute approximate surface area is 257 Å². The monoisotopic (exact) mass is 675 g/mol. The van der Waals surface area contributed by atoms with Crippen LogP contribution in [0, 0.1) is 0 Å². The first-order valence-electron chi connectivity index (χ1n) is 12.5. The highest BCUT2D eigenvalue weighted by Gasteiger charge is 2.27. The molecule has 1 aliphatic heterocycles. The van der Waals surface area contributed by atoms with Crippen LogP contribution < -0.4 is 14.2 Å². The fourth-order valence-electron chi connectivity index (χ4n) is 4.25. The number of rotatable bonds is 11. The third kappa shape index (κ3) is 8.69. The van der Waals surface area contributed by atoms with Crippen molar-refractivity contribution in [1.82, 2.24) is 4.72 Å². The minimum atomic E-state index is -4.29. The van der Waals surface area contributed by atoms with Gasteiger partial charge in [0.15, 0.2) is 0 Å². The highest BCUT2D eigenvalue weighted by atomic mass is 35.5. The number of thioether (sulfide) groups is 1. The van der Waals surface area contributed by atoms with Crippen molar-refractivity contribution in [3.8, 4) is 0 Å². The predicted molar refractivity (Wildman–Crippen MR) is 165 cm³/mol. The summed E-state index contributed by atoms with van der Waals surface area (Å²) < 4.78 is 61.1. The Morgan fingerprint density at radius 2 is 1.80 bits per heavy atom. The number of aromatic nitrogens is 1. The number of unbranched alkanes of at least 4 members (excludes halogenated alkanes) is 1. The van der Waals surface area contributed by atoms with Gasteiger partial charge in [-0.25, -0.2) is 21.6 Å². The van der Waals surface area contributed by atoms with Crippen molar-refractivity contribution in [1.29, 1.82) is 0 Å². The number of anilines is 1. The van der Waals surface area contributed by atoms with E-state index in [1.54, 1.807) is 28.5 Å². The van der Waals surface area contributed by atoms with E-state index in [1.165, 1.54) is 11.3 Å². The minimum absolute atomic E-state index is 0.222. The third-order valence-corrected chi connectivity index (χ3v) is 10.1. The first kappa shape index (κ1) is 31.8. The second-order valence-electron chi connectivity index (χ2n) is 9.33. The number of carbonyl (C=O) groups excluding carboxylic acids is 1. The van der Waals surface area contributed by atoms with E-state index in [0.717, 1.165) is 37.1 Å². The van der Waals surface area contributed by atoms with E-state index in [-0.39, 0.29) is 13.0 Å². The normalized spacial score (nSPS) is 15.1. The van der Waals surface area contributed by atoms with E-state index in [9.17, 15) is 26.2 Å². The SMILES string of the molecule is CCC(/C=C1\Sc2ccc(Cl)cc2N1CCCCS(=O)(=O)[O-])=C\c1sc2ccc(Cl)cc2[n+]1CC(=O)NS(C)(=O)=O. The standard InChI is InChI=1S/C26H27Cl2N3O6S4/c1-3-17(12-25-30(10-4-5-11-41(35,36)37)20-14-18(27)6-8-22(20)38-25)13-26-31(16-24(32)29-40(2,33)34)21-15-19(28)7-9-23(21)39-26/h6-9,12-15H,3-5,10-11,16H2,1-2H3,(H-,29,32,35,36,37). The molecule has 0 atom stereocenters. The lowest BCUT2D eigenvalue weighted by Gasteiger charge is -2.21. The molecule has 0 saturated heterocycles. The summed E-state index contributed by atoms with van der Waals surface area (Å²) in [4.78, 5) is 15.6. The molecule has 0 radical (unpaired) electrons. The molecule has 1 aliphatic rings. The summed E-state index contributed by atoms with van der Waals surface area (Å²) in [5, 5.41) is 2.70. The van der Waals surface area contributed by atoms with E-state index in [1.807, 2.05) is 48.1 Å². The van der Waals surface area contributed by atoms with Gasteiger partial charge in [-0.05, 0) is 61.2 Å². The maximum Gasteiger partial charge on any atom is 0.299 e. The number of benzene rings is 2. The first-order chi connectivity index (χ1) is 19.2. The van der Waals surface area contributed by atoms with Crippen LogP contribution in [0.25, 0.3) is 16.3 Å². The molecule has 2 aromatic carbocycles. The van der Waals surface area contributed by atoms with Crippen LogP contribution in [-0.2, 0) is 31.5 Å². The van der Waals surface area contributed by atoms with Crippen molar-refractivity contribution in [2.45, 2.75) is 37.6 Å². The van der Waals surface area contributed by atoms with Crippen molar-refractivity contribution in [2.75, 3.05) is 23.5 Å². The quantitative estimate of drug-likeness (QED) is 0.168. The van der Waals surface area contributed by atoms with Crippen molar-refractivity contribution in [3.63, 3.8) is 0 Å². The molecule has 41 heavy (non-hydrogen) atoms. The number of allylic oxidation sites excluding steroid dienone is 2. The Bertz CT molecular complexity index is 1770. The molecular weight excluding hydrogens is 649 g/mol. The van der Waals surface area contributed by atoms with Gasteiger partial charge in [-0.1, -0.05) is 53.2 Å². The number of carbonyl (C=O) groups is 1. The topological polar surface area (TPSA) is 128 Å². The number of hydrogen-bond acceptors (Lipinski definition) is 9. The Kier molecular flexibility index (Phi) is 10.1. The van der Waals surface area contributed by atoms with Crippen LogP contribution in [0.15, 0.2) is 58.0 Å². The summed E-state index contributed by atoms with van der Waals surface area (Å²) in [5.74, 6) is -1.09. The number of nitrogens with zero attached hydrogens (tertiary/aromatic N) is 2. The van der Waals surface area contributed by atoms with Crippen molar-refractivity contribution < 1.29 is 30.7 Å². The maximum atomic E-state index is 12.6. The maximum absolute atomic E-state index is 12.6. The van der Waals surface area contributed by atoms with E-state index < -0.39 is 31.8 Å². The zero-order valence-corrected chi connectivity index (χ0v) is 26.9. The Balaban J connectivity index is 1.71. The van der Waals surface area contributed by atoms with Gasteiger partial charge in [0.05, 0.1) is 27.1 Å². The lowest BCUT2D eigenvalue weighted by Crippen LogP contribution is -2.45. The predicted octanol–water partition coefficient (Wildman–Crippen LogP) is 5.14. The van der Waals surface area contributed by atoms with Crippen LogP contribution in [-0.4, -0.2) is 45.8 Å². The number of halogens is 2. The Hall–Kier alpha value is -2.13. The largest absolute Gasteiger partial charge is 0.748 e. The molecular formula is C26H27Cl2N3O6S4. The molecule has 3 aromatic rings. The second kappa shape index (κ2) is 13.0. The van der Waals surface area contributed by atoms with Gasteiger partial charge in [0.1, 0.15) is 4.70 Å². The zero-order valence-electron chi connectivity index (χ0n) is 22.1. The van der Waals surface area contributed by atoms with Crippen molar-refractivity contribution in [2.24, 2.45) is 0 Å². The number of fused-ring (bicyclic) bond motifs is 2. The highest BCUT2D eigenvalue weighted by Crippen LogP contribution is 2.47. The minimum Gasteiger partial charge on any atom is -0.748 e. The molecule has 15 heteroatoms. The number of amides is 1. The molecule has 2 heterocycles. The number of thiazole rings is 1. The lowest BCUT2D eigenvalue weighted by atomic mass is 10.2. The Morgan fingerprint density at radius 3 is 2.49 bits per heavy atom. The first-order valence-corrected chi connectivity index (χ1v) is 18.3. The molecule has 9 nitrogen and oxygen atoms in total. The van der Waals surface area contributed by atoms with Crippen LogP contribution in [0.3, 0.4) is 0 Å². The molecule has 0 unspecified atom stereocenters. The Morgan fingerprint density at radius 1 is 1.10 bits per heavy atom. The van der Waals surface area contributed by atoms with E-state index in [2.05, 4.69) is 4.90 Å². The van der Waals surface area contributed by atoms with Gasteiger partial charge in [-0.15, -0.1) is 0 Å².